The van der Waals surface area contributed by atoms with Gasteiger partial charge in [0.2, 0.25) is 0 Å². The van der Waals surface area contributed by atoms with Gasteiger partial charge < -0.3 is 15.2 Å². The van der Waals surface area contributed by atoms with Gasteiger partial charge in [-0.05, 0) is 24.1 Å². The van der Waals surface area contributed by atoms with E-state index < -0.39 is 12.2 Å². The molecule has 0 aliphatic carbocycles. The van der Waals surface area contributed by atoms with Gasteiger partial charge in [0.05, 0.1) is 12.1 Å². The lowest BCUT2D eigenvalue weighted by molar-refractivity contribution is -0.0498. The molecular formula is C11H13F2NO2. The molecule has 0 bridgehead atoms. The number of nitrogens with two attached hydrogens (primary N) is 1. The zero-order valence-corrected chi connectivity index (χ0v) is 8.66. The molecule has 0 amide bonds. The van der Waals surface area contributed by atoms with Crippen LogP contribution in [0.2, 0.25) is 0 Å². The van der Waals surface area contributed by atoms with E-state index in [4.69, 9.17) is 10.5 Å². The van der Waals surface area contributed by atoms with Gasteiger partial charge in [0.1, 0.15) is 5.75 Å². The first-order valence-electron chi connectivity index (χ1n) is 5.02. The minimum atomic E-state index is -2.80. The Kier molecular flexibility index (Phi) is 3.07. The molecule has 1 aliphatic rings. The van der Waals surface area contributed by atoms with E-state index in [1.807, 2.05) is 0 Å². The molecule has 0 saturated carbocycles. The quantitative estimate of drug-likeness (QED) is 0.860. The summed E-state index contributed by atoms with van der Waals surface area (Å²) in [5, 5.41) is 0. The highest BCUT2D eigenvalue weighted by atomic mass is 19.3. The van der Waals surface area contributed by atoms with Crippen LogP contribution in [-0.2, 0) is 10.3 Å². The summed E-state index contributed by atoms with van der Waals surface area (Å²) in [7, 11) is 0. The lowest BCUT2D eigenvalue weighted by atomic mass is 9.90. The van der Waals surface area contributed by atoms with E-state index in [0.29, 0.717) is 13.2 Å². The number of halogens is 2. The van der Waals surface area contributed by atoms with Gasteiger partial charge in [0.15, 0.2) is 0 Å². The number of rotatable bonds is 3. The summed E-state index contributed by atoms with van der Waals surface area (Å²) in [6, 6.07) is 6.39. The van der Waals surface area contributed by atoms with Crippen LogP contribution in [0.25, 0.3) is 0 Å². The average molecular weight is 229 g/mol. The Morgan fingerprint density at radius 3 is 2.50 bits per heavy atom. The molecule has 3 nitrogen and oxygen atoms in total. The smallest absolute Gasteiger partial charge is 0.387 e. The average Bonchev–Trinajstić information content (AvgIpc) is 2.66. The lowest BCUT2D eigenvalue weighted by Crippen LogP contribution is -2.36. The number of alkyl halides is 2. The van der Waals surface area contributed by atoms with Crippen LogP contribution in [-0.4, -0.2) is 19.8 Å². The van der Waals surface area contributed by atoms with Crippen molar-refractivity contribution in [3.8, 4) is 5.75 Å². The highest BCUT2D eigenvalue weighted by Crippen LogP contribution is 2.29. The molecule has 2 rings (SSSR count). The normalized spacial score (nSPS) is 25.0. The van der Waals surface area contributed by atoms with E-state index in [1.165, 1.54) is 12.1 Å². The molecule has 1 aromatic rings. The maximum Gasteiger partial charge on any atom is 0.387 e. The summed E-state index contributed by atoms with van der Waals surface area (Å²) >= 11 is 0. The molecule has 0 radical (unpaired) electrons. The van der Waals surface area contributed by atoms with E-state index in [2.05, 4.69) is 4.74 Å². The number of benzene rings is 1. The van der Waals surface area contributed by atoms with Crippen molar-refractivity contribution in [2.45, 2.75) is 18.6 Å². The van der Waals surface area contributed by atoms with Crippen molar-refractivity contribution in [2.75, 3.05) is 13.2 Å². The topological polar surface area (TPSA) is 44.5 Å². The van der Waals surface area contributed by atoms with E-state index >= 15 is 0 Å². The van der Waals surface area contributed by atoms with Crippen molar-refractivity contribution in [3.05, 3.63) is 29.8 Å². The van der Waals surface area contributed by atoms with Crippen LogP contribution in [0, 0.1) is 0 Å². The zero-order valence-electron chi connectivity index (χ0n) is 8.66. The van der Waals surface area contributed by atoms with Gasteiger partial charge in [0, 0.05) is 6.61 Å². The molecule has 1 fully saturated rings. The Hall–Kier alpha value is -1.20. The number of hydrogen-bond donors (Lipinski definition) is 1. The molecule has 2 N–H and O–H groups in total. The predicted octanol–water partition coefficient (Wildman–Crippen LogP) is 1.86. The van der Waals surface area contributed by atoms with Crippen LogP contribution in [0.1, 0.15) is 12.0 Å². The van der Waals surface area contributed by atoms with Crippen LogP contribution in [0.3, 0.4) is 0 Å². The second kappa shape index (κ2) is 4.35. The number of hydrogen-bond acceptors (Lipinski definition) is 3. The SMILES string of the molecule is NC1(c2ccc(OC(F)F)cc2)CCOC1. The van der Waals surface area contributed by atoms with Gasteiger partial charge in [-0.25, -0.2) is 0 Å². The molecule has 88 valence electrons. The summed E-state index contributed by atoms with van der Waals surface area (Å²) in [6.07, 6.45) is 0.738. The van der Waals surface area contributed by atoms with Gasteiger partial charge in [0.25, 0.3) is 0 Å². The Morgan fingerprint density at radius 1 is 1.31 bits per heavy atom. The van der Waals surface area contributed by atoms with Gasteiger partial charge in [-0.3, -0.25) is 0 Å². The maximum absolute atomic E-state index is 11.9. The minimum Gasteiger partial charge on any atom is -0.435 e. The monoisotopic (exact) mass is 229 g/mol. The fourth-order valence-corrected chi connectivity index (χ4v) is 1.78. The van der Waals surface area contributed by atoms with E-state index in [9.17, 15) is 8.78 Å². The second-order valence-electron chi connectivity index (χ2n) is 3.86. The van der Waals surface area contributed by atoms with Gasteiger partial charge in [-0.1, -0.05) is 12.1 Å². The summed E-state index contributed by atoms with van der Waals surface area (Å²) in [5.74, 6) is 0.140. The fourth-order valence-electron chi connectivity index (χ4n) is 1.78. The van der Waals surface area contributed by atoms with Crippen LogP contribution < -0.4 is 10.5 Å². The highest BCUT2D eigenvalue weighted by molar-refractivity contribution is 5.32. The first-order valence-corrected chi connectivity index (χ1v) is 5.02. The largest absolute Gasteiger partial charge is 0.435 e. The van der Waals surface area contributed by atoms with Crippen LogP contribution in [0.4, 0.5) is 8.78 Å². The molecule has 0 spiro atoms. The van der Waals surface area contributed by atoms with Crippen molar-refractivity contribution < 1.29 is 18.3 Å². The van der Waals surface area contributed by atoms with Crippen molar-refractivity contribution >= 4 is 0 Å². The third-order valence-electron chi connectivity index (χ3n) is 2.71. The van der Waals surface area contributed by atoms with E-state index in [1.54, 1.807) is 12.1 Å². The summed E-state index contributed by atoms with van der Waals surface area (Å²) in [4.78, 5) is 0. The molecule has 5 heteroatoms. The lowest BCUT2D eigenvalue weighted by Gasteiger charge is -2.22. The Labute approximate surface area is 92.1 Å². The molecule has 1 unspecified atom stereocenters. The van der Waals surface area contributed by atoms with Crippen LogP contribution in [0.15, 0.2) is 24.3 Å². The van der Waals surface area contributed by atoms with E-state index in [-0.39, 0.29) is 5.75 Å². The van der Waals surface area contributed by atoms with Crippen LogP contribution >= 0.6 is 0 Å². The second-order valence-corrected chi connectivity index (χ2v) is 3.86. The minimum absolute atomic E-state index is 0.140. The van der Waals surface area contributed by atoms with Crippen LogP contribution in [0.5, 0.6) is 5.75 Å². The molecule has 0 aromatic heterocycles. The first kappa shape index (κ1) is 11.3. The van der Waals surface area contributed by atoms with Gasteiger partial charge in [-0.15, -0.1) is 0 Å². The Bertz CT molecular complexity index is 348. The molecule has 1 heterocycles. The van der Waals surface area contributed by atoms with Crippen molar-refractivity contribution in [3.63, 3.8) is 0 Å². The van der Waals surface area contributed by atoms with Gasteiger partial charge in [-0.2, -0.15) is 8.78 Å². The first-order chi connectivity index (χ1) is 7.60. The predicted molar refractivity (Wildman–Crippen MR) is 54.4 cm³/mol. The maximum atomic E-state index is 11.9. The third kappa shape index (κ3) is 2.31. The van der Waals surface area contributed by atoms with Crippen molar-refractivity contribution in [1.82, 2.24) is 0 Å². The highest BCUT2D eigenvalue weighted by Gasteiger charge is 2.32. The molecular weight excluding hydrogens is 216 g/mol. The fraction of sp³-hybridized carbons (Fsp3) is 0.455. The van der Waals surface area contributed by atoms with Gasteiger partial charge >= 0.3 is 6.61 Å². The zero-order chi connectivity index (χ0) is 11.6. The Morgan fingerprint density at radius 2 is 2.00 bits per heavy atom. The summed E-state index contributed by atoms with van der Waals surface area (Å²) in [6.45, 7) is -1.71. The molecule has 1 aliphatic heterocycles. The molecule has 1 saturated heterocycles. The molecule has 16 heavy (non-hydrogen) atoms. The molecule has 1 aromatic carbocycles. The van der Waals surface area contributed by atoms with Crippen molar-refractivity contribution in [2.24, 2.45) is 5.73 Å². The number of ether oxygens (including phenoxy) is 2. The standard InChI is InChI=1S/C11H13F2NO2/c12-10(13)16-9-3-1-8(2-4-9)11(14)5-6-15-7-11/h1-4,10H,5-7,14H2. The van der Waals surface area contributed by atoms with E-state index in [0.717, 1.165) is 12.0 Å². The molecule has 1 atom stereocenters. The summed E-state index contributed by atoms with van der Waals surface area (Å²) in [5.41, 5.74) is 6.50. The van der Waals surface area contributed by atoms with Crippen molar-refractivity contribution in [1.29, 1.82) is 0 Å². The Balaban J connectivity index is 2.12. The third-order valence-corrected chi connectivity index (χ3v) is 2.71. The summed E-state index contributed by atoms with van der Waals surface area (Å²) < 4.78 is 33.4.